The summed E-state index contributed by atoms with van der Waals surface area (Å²) in [5.41, 5.74) is 7.73. The van der Waals surface area contributed by atoms with Gasteiger partial charge in [-0.3, -0.25) is 0 Å². The first-order valence-corrected chi connectivity index (χ1v) is 7.17. The lowest BCUT2D eigenvalue weighted by Crippen LogP contribution is -2.47. The van der Waals surface area contributed by atoms with Crippen LogP contribution >= 0.6 is 0 Å². The zero-order valence-corrected chi connectivity index (χ0v) is 12.6. The summed E-state index contributed by atoms with van der Waals surface area (Å²) in [4.78, 5) is 14.2. The van der Waals surface area contributed by atoms with Crippen molar-refractivity contribution in [3.63, 3.8) is 0 Å². The number of amides is 1. The van der Waals surface area contributed by atoms with Gasteiger partial charge in [0.1, 0.15) is 5.60 Å². The molecule has 110 valence electrons. The minimum atomic E-state index is -0.471. The van der Waals surface area contributed by atoms with Gasteiger partial charge in [-0.15, -0.1) is 0 Å². The Balaban J connectivity index is 2.19. The Bertz CT molecular complexity index is 480. The number of nitrogens with zero attached hydrogens (tertiary/aromatic N) is 1. The van der Waals surface area contributed by atoms with E-state index >= 15 is 0 Å². The number of carbonyl (C=O) groups is 1. The van der Waals surface area contributed by atoms with Crippen LogP contribution in [-0.2, 0) is 17.7 Å². The van der Waals surface area contributed by atoms with E-state index < -0.39 is 5.60 Å². The van der Waals surface area contributed by atoms with Crippen LogP contribution in [0.5, 0.6) is 0 Å². The summed E-state index contributed by atoms with van der Waals surface area (Å²) in [6.07, 6.45) is 1.41. The second-order valence-corrected chi connectivity index (χ2v) is 6.31. The van der Waals surface area contributed by atoms with Crippen molar-refractivity contribution in [2.24, 2.45) is 5.73 Å². The van der Waals surface area contributed by atoms with Crippen LogP contribution in [0.15, 0.2) is 24.3 Å². The Kier molecular flexibility index (Phi) is 4.33. The number of rotatable bonds is 2. The van der Waals surface area contributed by atoms with Crippen LogP contribution in [0.1, 0.15) is 38.3 Å². The molecular formula is C16H24N2O2. The Morgan fingerprint density at radius 2 is 2.00 bits per heavy atom. The molecule has 1 aromatic rings. The van der Waals surface area contributed by atoms with E-state index in [9.17, 15) is 4.79 Å². The largest absolute Gasteiger partial charge is 0.444 e. The van der Waals surface area contributed by atoms with Gasteiger partial charge in [0.2, 0.25) is 0 Å². The number of carbonyl (C=O) groups excluding carboxylic acids is 1. The molecule has 2 N–H and O–H groups in total. The monoisotopic (exact) mass is 276 g/mol. The zero-order valence-electron chi connectivity index (χ0n) is 12.6. The van der Waals surface area contributed by atoms with Crippen molar-refractivity contribution in [3.8, 4) is 0 Å². The molecule has 20 heavy (non-hydrogen) atoms. The maximum atomic E-state index is 12.4. The van der Waals surface area contributed by atoms with E-state index in [0.29, 0.717) is 13.1 Å². The highest BCUT2D eigenvalue weighted by Crippen LogP contribution is 2.26. The predicted molar refractivity (Wildman–Crippen MR) is 79.4 cm³/mol. The molecule has 1 aromatic carbocycles. The molecule has 1 aliphatic heterocycles. The molecule has 1 heterocycles. The molecule has 0 aromatic heterocycles. The summed E-state index contributed by atoms with van der Waals surface area (Å²) in [7, 11) is 0. The number of fused-ring (bicyclic) bond motifs is 1. The Labute approximate surface area is 120 Å². The van der Waals surface area contributed by atoms with Crippen molar-refractivity contribution in [3.05, 3.63) is 35.4 Å². The Hall–Kier alpha value is -1.55. The molecule has 1 aliphatic rings. The minimum Gasteiger partial charge on any atom is -0.444 e. The fourth-order valence-electron chi connectivity index (χ4n) is 2.57. The second-order valence-electron chi connectivity index (χ2n) is 6.31. The van der Waals surface area contributed by atoms with Gasteiger partial charge in [0.25, 0.3) is 0 Å². The highest BCUT2D eigenvalue weighted by Gasteiger charge is 2.32. The average molecular weight is 276 g/mol. The van der Waals surface area contributed by atoms with Crippen molar-refractivity contribution in [1.82, 2.24) is 4.90 Å². The number of hydrogen-bond acceptors (Lipinski definition) is 3. The number of hydrogen-bond donors (Lipinski definition) is 1. The topological polar surface area (TPSA) is 55.6 Å². The maximum absolute atomic E-state index is 12.4. The highest BCUT2D eigenvalue weighted by molar-refractivity contribution is 5.69. The SMILES string of the molecule is CC(C)(C)OC(=O)N1Cc2ccccc2C[C@H]1CCN. The molecule has 2 rings (SSSR count). The minimum absolute atomic E-state index is 0.129. The summed E-state index contributed by atoms with van der Waals surface area (Å²) in [5.74, 6) is 0. The summed E-state index contributed by atoms with van der Waals surface area (Å²) >= 11 is 0. The normalized spacial score (nSPS) is 18.6. The van der Waals surface area contributed by atoms with Crippen LogP contribution < -0.4 is 5.73 Å². The molecule has 1 atom stereocenters. The lowest BCUT2D eigenvalue weighted by molar-refractivity contribution is 0.0113. The predicted octanol–water partition coefficient (Wildman–Crippen LogP) is 2.70. The van der Waals surface area contributed by atoms with Gasteiger partial charge in [-0.05, 0) is 51.3 Å². The lowest BCUT2D eigenvalue weighted by Gasteiger charge is -2.37. The molecule has 0 unspecified atom stereocenters. The first kappa shape index (κ1) is 14.9. The van der Waals surface area contributed by atoms with Crippen molar-refractivity contribution in [1.29, 1.82) is 0 Å². The molecule has 0 bridgehead atoms. The molecule has 0 fully saturated rings. The van der Waals surface area contributed by atoms with Crippen LogP contribution in [0.3, 0.4) is 0 Å². The summed E-state index contributed by atoms with van der Waals surface area (Å²) < 4.78 is 5.51. The van der Waals surface area contributed by atoms with Crippen molar-refractivity contribution < 1.29 is 9.53 Å². The number of nitrogens with two attached hydrogens (primary N) is 1. The third kappa shape index (κ3) is 3.51. The van der Waals surface area contributed by atoms with Gasteiger partial charge in [0, 0.05) is 12.6 Å². The average Bonchev–Trinajstić information content (AvgIpc) is 2.36. The first-order valence-electron chi connectivity index (χ1n) is 7.17. The van der Waals surface area contributed by atoms with E-state index in [1.165, 1.54) is 11.1 Å². The fraction of sp³-hybridized carbons (Fsp3) is 0.562. The maximum Gasteiger partial charge on any atom is 0.410 e. The standard InChI is InChI=1S/C16H24N2O2/c1-16(2,3)20-15(19)18-11-13-7-5-4-6-12(13)10-14(18)8-9-17/h4-7,14H,8-11,17H2,1-3H3/t14-/m1/s1. The molecule has 4 heteroatoms. The van der Waals surface area contributed by atoms with Crippen LogP contribution in [0, 0.1) is 0 Å². The molecule has 0 aliphatic carbocycles. The summed E-state index contributed by atoms with van der Waals surface area (Å²) in [6.45, 7) is 6.85. The molecule has 4 nitrogen and oxygen atoms in total. The quantitative estimate of drug-likeness (QED) is 0.903. The summed E-state index contributed by atoms with van der Waals surface area (Å²) in [5, 5.41) is 0. The van der Waals surface area contributed by atoms with Crippen molar-refractivity contribution in [2.75, 3.05) is 6.54 Å². The van der Waals surface area contributed by atoms with Gasteiger partial charge in [-0.25, -0.2) is 4.79 Å². The molecule has 0 spiro atoms. The Morgan fingerprint density at radius 1 is 1.35 bits per heavy atom. The summed E-state index contributed by atoms with van der Waals surface area (Å²) in [6, 6.07) is 8.39. The van der Waals surface area contributed by atoms with E-state index in [1.54, 1.807) is 0 Å². The van der Waals surface area contributed by atoms with Gasteiger partial charge in [-0.2, -0.15) is 0 Å². The fourth-order valence-corrected chi connectivity index (χ4v) is 2.57. The third-order valence-electron chi connectivity index (χ3n) is 3.48. The van der Waals surface area contributed by atoms with E-state index in [0.717, 1.165) is 12.8 Å². The number of ether oxygens (including phenoxy) is 1. The van der Waals surface area contributed by atoms with E-state index in [1.807, 2.05) is 37.8 Å². The van der Waals surface area contributed by atoms with E-state index in [4.69, 9.17) is 10.5 Å². The third-order valence-corrected chi connectivity index (χ3v) is 3.48. The molecule has 0 radical (unpaired) electrons. The van der Waals surface area contributed by atoms with Crippen LogP contribution in [0.25, 0.3) is 0 Å². The Morgan fingerprint density at radius 3 is 2.60 bits per heavy atom. The van der Waals surface area contributed by atoms with E-state index in [2.05, 4.69) is 12.1 Å². The van der Waals surface area contributed by atoms with Gasteiger partial charge in [0.05, 0.1) is 0 Å². The van der Waals surface area contributed by atoms with Gasteiger partial charge in [0.15, 0.2) is 0 Å². The van der Waals surface area contributed by atoms with Crippen LogP contribution in [-0.4, -0.2) is 29.2 Å². The molecule has 0 saturated carbocycles. The highest BCUT2D eigenvalue weighted by atomic mass is 16.6. The van der Waals surface area contributed by atoms with Gasteiger partial charge < -0.3 is 15.4 Å². The zero-order chi connectivity index (χ0) is 14.8. The first-order chi connectivity index (χ1) is 9.40. The molecule has 0 saturated heterocycles. The van der Waals surface area contributed by atoms with Crippen molar-refractivity contribution in [2.45, 2.75) is 51.8 Å². The molecule has 1 amide bonds. The van der Waals surface area contributed by atoms with Crippen LogP contribution in [0.4, 0.5) is 4.79 Å². The second kappa shape index (κ2) is 5.83. The van der Waals surface area contributed by atoms with Crippen LogP contribution in [0.2, 0.25) is 0 Å². The van der Waals surface area contributed by atoms with E-state index in [-0.39, 0.29) is 12.1 Å². The van der Waals surface area contributed by atoms with Crippen molar-refractivity contribution >= 4 is 6.09 Å². The lowest BCUT2D eigenvalue weighted by atomic mass is 9.92. The molecular weight excluding hydrogens is 252 g/mol. The van der Waals surface area contributed by atoms with Gasteiger partial charge >= 0.3 is 6.09 Å². The number of benzene rings is 1. The van der Waals surface area contributed by atoms with Gasteiger partial charge in [-0.1, -0.05) is 24.3 Å². The smallest absolute Gasteiger partial charge is 0.410 e.